The Labute approximate surface area is 165 Å². The van der Waals surface area contributed by atoms with Crippen LogP contribution < -0.4 is 19.5 Å². The molecule has 4 rings (SSSR count). The Morgan fingerprint density at radius 2 is 1.89 bits per heavy atom. The van der Waals surface area contributed by atoms with Gasteiger partial charge in [-0.05, 0) is 41.8 Å². The Bertz CT molecular complexity index is 909. The molecule has 1 N–H and O–H groups in total. The van der Waals surface area contributed by atoms with Gasteiger partial charge in [0, 0.05) is 18.9 Å². The van der Waals surface area contributed by atoms with Gasteiger partial charge in [-0.25, -0.2) is 0 Å². The van der Waals surface area contributed by atoms with Crippen LogP contribution in [0.15, 0.2) is 60.9 Å². The zero-order chi connectivity index (χ0) is 19.3. The molecule has 0 amide bonds. The van der Waals surface area contributed by atoms with Crippen LogP contribution >= 0.6 is 0 Å². The third-order valence-electron chi connectivity index (χ3n) is 4.83. The molecule has 0 bridgehead atoms. The smallest absolute Gasteiger partial charge is 0.203 e. The van der Waals surface area contributed by atoms with E-state index in [1.54, 1.807) is 13.3 Å². The minimum atomic E-state index is 0.0356. The first-order valence-electron chi connectivity index (χ1n) is 9.41. The Kier molecular flexibility index (Phi) is 5.44. The van der Waals surface area contributed by atoms with E-state index in [9.17, 15) is 0 Å². The van der Waals surface area contributed by atoms with Crippen LogP contribution in [0, 0.1) is 6.92 Å². The topological polar surface area (TPSA) is 52.6 Å². The highest BCUT2D eigenvalue weighted by molar-refractivity contribution is 5.54. The van der Waals surface area contributed by atoms with E-state index in [4.69, 9.17) is 14.2 Å². The van der Waals surface area contributed by atoms with Crippen LogP contribution in [0.5, 0.6) is 17.2 Å². The second-order valence-corrected chi connectivity index (χ2v) is 6.83. The first-order chi connectivity index (χ1) is 13.7. The molecule has 1 aliphatic rings. The number of aryl methyl sites for hydroxylation is 1. The highest BCUT2D eigenvalue weighted by Gasteiger charge is 2.19. The summed E-state index contributed by atoms with van der Waals surface area (Å²) in [5, 5.41) is 3.65. The number of fused-ring (bicyclic) bond motifs is 1. The van der Waals surface area contributed by atoms with Crippen LogP contribution in [0.3, 0.4) is 0 Å². The van der Waals surface area contributed by atoms with E-state index in [-0.39, 0.29) is 6.04 Å². The summed E-state index contributed by atoms with van der Waals surface area (Å²) < 4.78 is 17.0. The zero-order valence-electron chi connectivity index (χ0n) is 16.1. The maximum Gasteiger partial charge on any atom is 0.203 e. The highest BCUT2D eigenvalue weighted by Crippen LogP contribution is 2.40. The fourth-order valence-corrected chi connectivity index (χ4v) is 3.38. The summed E-state index contributed by atoms with van der Waals surface area (Å²) in [4.78, 5) is 4.29. The molecule has 0 saturated heterocycles. The lowest BCUT2D eigenvalue weighted by Gasteiger charge is -2.23. The number of hydrogen-bond donors (Lipinski definition) is 1. The summed E-state index contributed by atoms with van der Waals surface area (Å²) in [7, 11) is 1.65. The van der Waals surface area contributed by atoms with Crippen molar-refractivity contribution in [1.29, 1.82) is 0 Å². The van der Waals surface area contributed by atoms with Crippen molar-refractivity contribution in [2.24, 2.45) is 0 Å². The second kappa shape index (κ2) is 8.31. The summed E-state index contributed by atoms with van der Waals surface area (Å²) in [5.41, 5.74) is 4.63. The molecular weight excluding hydrogens is 352 g/mol. The van der Waals surface area contributed by atoms with Gasteiger partial charge in [-0.1, -0.05) is 35.9 Å². The average molecular weight is 376 g/mol. The van der Waals surface area contributed by atoms with Gasteiger partial charge >= 0.3 is 0 Å². The second-order valence-electron chi connectivity index (χ2n) is 6.83. The lowest BCUT2D eigenvalue weighted by Crippen LogP contribution is -2.22. The SMILES string of the molecule is COc1cc(CN[C@@H](c2ccc(C)cc2)c2cccnc2)cc2c1OCCO2. The van der Waals surface area contributed by atoms with Gasteiger partial charge in [-0.15, -0.1) is 0 Å². The maximum atomic E-state index is 5.75. The first-order valence-corrected chi connectivity index (χ1v) is 9.41. The van der Waals surface area contributed by atoms with Crippen LogP contribution in [0.1, 0.15) is 28.3 Å². The molecule has 1 aliphatic heterocycles. The molecule has 0 fully saturated rings. The predicted molar refractivity (Wildman–Crippen MR) is 108 cm³/mol. The number of pyridine rings is 1. The summed E-state index contributed by atoms with van der Waals surface area (Å²) in [5.74, 6) is 2.11. The fraction of sp³-hybridized carbons (Fsp3) is 0.261. The molecule has 0 unspecified atom stereocenters. The number of nitrogens with one attached hydrogen (secondary N) is 1. The molecule has 28 heavy (non-hydrogen) atoms. The van der Waals surface area contributed by atoms with E-state index in [0.717, 1.165) is 16.9 Å². The van der Waals surface area contributed by atoms with E-state index < -0.39 is 0 Å². The van der Waals surface area contributed by atoms with E-state index in [1.165, 1.54) is 11.1 Å². The lowest BCUT2D eigenvalue weighted by atomic mass is 9.98. The molecule has 2 aromatic carbocycles. The van der Waals surface area contributed by atoms with Gasteiger partial charge in [0.05, 0.1) is 13.2 Å². The van der Waals surface area contributed by atoms with Crippen molar-refractivity contribution in [1.82, 2.24) is 10.3 Å². The quantitative estimate of drug-likeness (QED) is 0.703. The molecule has 1 aromatic heterocycles. The van der Waals surface area contributed by atoms with Crippen LogP contribution in [-0.2, 0) is 6.54 Å². The van der Waals surface area contributed by atoms with E-state index in [1.807, 2.05) is 24.4 Å². The van der Waals surface area contributed by atoms with E-state index >= 15 is 0 Å². The molecule has 2 heterocycles. The molecule has 0 radical (unpaired) electrons. The van der Waals surface area contributed by atoms with Crippen molar-refractivity contribution in [3.8, 4) is 17.2 Å². The van der Waals surface area contributed by atoms with Crippen molar-refractivity contribution >= 4 is 0 Å². The van der Waals surface area contributed by atoms with Crippen LogP contribution in [0.25, 0.3) is 0 Å². The van der Waals surface area contributed by atoms with E-state index in [2.05, 4.69) is 47.6 Å². The standard InChI is InChI=1S/C23H24N2O3/c1-16-5-7-18(8-6-16)22(19-4-3-9-24-15-19)25-14-17-12-20(26-2)23-21(13-17)27-10-11-28-23/h3-9,12-13,15,22,25H,10-11,14H2,1-2H3/t22-/m0/s1. The third kappa shape index (κ3) is 3.94. The predicted octanol–water partition coefficient (Wildman–Crippen LogP) is 4.05. The number of ether oxygens (including phenoxy) is 3. The normalized spacial score (nSPS) is 13.8. The molecule has 5 nitrogen and oxygen atoms in total. The van der Waals surface area contributed by atoms with Gasteiger partial charge in [0.2, 0.25) is 5.75 Å². The van der Waals surface area contributed by atoms with Crippen LogP contribution in [0.2, 0.25) is 0 Å². The summed E-state index contributed by atoms with van der Waals surface area (Å²) >= 11 is 0. The molecule has 0 saturated carbocycles. The Balaban J connectivity index is 1.60. The number of nitrogens with zero attached hydrogens (tertiary/aromatic N) is 1. The molecule has 1 atom stereocenters. The molecular formula is C23H24N2O3. The Morgan fingerprint density at radius 1 is 1.07 bits per heavy atom. The van der Waals surface area contributed by atoms with Crippen LogP contribution in [-0.4, -0.2) is 25.3 Å². The lowest BCUT2D eigenvalue weighted by molar-refractivity contribution is 0.165. The van der Waals surface area contributed by atoms with Crippen molar-refractivity contribution in [3.63, 3.8) is 0 Å². The molecule has 5 heteroatoms. The van der Waals surface area contributed by atoms with E-state index in [0.29, 0.717) is 31.3 Å². The first kappa shape index (κ1) is 18.3. The number of hydrogen-bond acceptors (Lipinski definition) is 5. The van der Waals surface area contributed by atoms with Crippen LogP contribution in [0.4, 0.5) is 0 Å². The van der Waals surface area contributed by atoms with Gasteiger partial charge in [-0.2, -0.15) is 0 Å². The van der Waals surface area contributed by atoms with Gasteiger partial charge in [-0.3, -0.25) is 4.98 Å². The highest BCUT2D eigenvalue weighted by atomic mass is 16.6. The van der Waals surface area contributed by atoms with Gasteiger partial charge in [0.1, 0.15) is 13.2 Å². The fourth-order valence-electron chi connectivity index (χ4n) is 3.38. The molecule has 0 spiro atoms. The summed E-state index contributed by atoms with van der Waals surface area (Å²) in [6.45, 7) is 3.84. The van der Waals surface area contributed by atoms with Gasteiger partial charge in [0.25, 0.3) is 0 Å². The number of benzene rings is 2. The Morgan fingerprint density at radius 3 is 2.64 bits per heavy atom. The van der Waals surface area contributed by atoms with Crippen molar-refractivity contribution < 1.29 is 14.2 Å². The molecule has 0 aliphatic carbocycles. The third-order valence-corrected chi connectivity index (χ3v) is 4.83. The number of rotatable bonds is 6. The minimum Gasteiger partial charge on any atom is -0.493 e. The average Bonchev–Trinajstić information content (AvgIpc) is 2.75. The summed E-state index contributed by atoms with van der Waals surface area (Å²) in [6, 6.07) is 16.7. The van der Waals surface area contributed by atoms with Crippen molar-refractivity contribution in [2.75, 3.05) is 20.3 Å². The van der Waals surface area contributed by atoms with Crippen molar-refractivity contribution in [3.05, 3.63) is 83.2 Å². The largest absolute Gasteiger partial charge is 0.493 e. The monoisotopic (exact) mass is 376 g/mol. The zero-order valence-corrected chi connectivity index (χ0v) is 16.1. The van der Waals surface area contributed by atoms with Crippen molar-refractivity contribution in [2.45, 2.75) is 19.5 Å². The minimum absolute atomic E-state index is 0.0356. The number of aromatic nitrogens is 1. The summed E-state index contributed by atoms with van der Waals surface area (Å²) in [6.07, 6.45) is 3.70. The number of methoxy groups -OCH3 is 1. The maximum absolute atomic E-state index is 5.75. The molecule has 144 valence electrons. The van der Waals surface area contributed by atoms with Gasteiger partial charge < -0.3 is 19.5 Å². The van der Waals surface area contributed by atoms with Gasteiger partial charge in [0.15, 0.2) is 11.5 Å². The molecule has 3 aromatic rings. The Hall–Kier alpha value is -3.05.